The highest BCUT2D eigenvalue weighted by Crippen LogP contribution is 2.79. The molecule has 0 saturated heterocycles. The van der Waals surface area contributed by atoms with Crippen LogP contribution in [0.3, 0.4) is 0 Å². The molecule has 189 valence electrons. The topological polar surface area (TPSA) is 0 Å². The molecular weight excluding hydrogens is 419 g/mol. The highest BCUT2D eigenvalue weighted by atomic mass is 14.8. The van der Waals surface area contributed by atoms with Gasteiger partial charge in [0.1, 0.15) is 7.28 Å². The lowest BCUT2D eigenvalue weighted by atomic mass is 9.34. The summed E-state index contributed by atoms with van der Waals surface area (Å²) in [6, 6.07) is 0. The third-order valence-electron chi connectivity index (χ3n) is 16.4. The second-order valence-electron chi connectivity index (χ2n) is 17.1. The van der Waals surface area contributed by atoms with E-state index in [2.05, 4.69) is 14.2 Å². The molecule has 16 atom stereocenters. The first-order chi connectivity index (χ1) is 17.2. The smallest absolute Gasteiger partial charge is 0.0798 e. The van der Waals surface area contributed by atoms with E-state index < -0.39 is 0 Å². The van der Waals surface area contributed by atoms with E-state index in [0.717, 1.165) is 23.7 Å². The van der Waals surface area contributed by atoms with E-state index in [4.69, 9.17) is 0 Å². The highest BCUT2D eigenvalue weighted by Gasteiger charge is 2.73. The van der Waals surface area contributed by atoms with E-state index in [1.807, 2.05) is 0 Å². The van der Waals surface area contributed by atoms with Gasteiger partial charge in [-0.05, 0) is 146 Å². The van der Waals surface area contributed by atoms with Crippen molar-refractivity contribution in [1.29, 1.82) is 0 Å². The average Bonchev–Trinajstić information content (AvgIpc) is 3.28. The summed E-state index contributed by atoms with van der Waals surface area (Å²) >= 11 is 0. The van der Waals surface area contributed by atoms with Crippen molar-refractivity contribution in [2.75, 3.05) is 0 Å². The molecule has 14 aliphatic carbocycles. The van der Waals surface area contributed by atoms with Gasteiger partial charge in [0.2, 0.25) is 0 Å². The normalized spacial score (nSPS) is 67.9. The first-order valence-electron chi connectivity index (χ1n) is 17.1. The predicted octanol–water partition coefficient (Wildman–Crippen LogP) is 8.36. The van der Waals surface area contributed by atoms with E-state index in [9.17, 15) is 0 Å². The van der Waals surface area contributed by atoms with Crippen molar-refractivity contribution in [3.8, 4) is 0 Å². The fraction of sp³-hybridized carbons (Fsp3) is 1.00. The van der Waals surface area contributed by atoms with Crippen LogP contribution in [0, 0.1) is 101 Å². The fourth-order valence-electron chi connectivity index (χ4n) is 15.7. The molecule has 0 aromatic carbocycles. The number of hydrogen-bond donors (Lipinski definition) is 0. The quantitative estimate of drug-likeness (QED) is 0.364. The Morgan fingerprint density at radius 3 is 2.00 bits per heavy atom. The van der Waals surface area contributed by atoms with Crippen LogP contribution < -0.4 is 0 Å². The van der Waals surface area contributed by atoms with Gasteiger partial charge in [0.25, 0.3) is 0 Å². The van der Waals surface area contributed by atoms with Gasteiger partial charge in [0.15, 0.2) is 0 Å². The minimum Gasteiger partial charge on any atom is -0.0798 e. The van der Waals surface area contributed by atoms with Gasteiger partial charge < -0.3 is 0 Å². The van der Waals surface area contributed by atoms with Crippen LogP contribution in [0.15, 0.2) is 0 Å². The molecule has 14 fully saturated rings. The van der Waals surface area contributed by atoms with Crippen molar-refractivity contribution in [3.63, 3.8) is 0 Å². The summed E-state index contributed by atoms with van der Waals surface area (Å²) in [6.45, 7) is 2.41. The van der Waals surface area contributed by atoms with Gasteiger partial charge in [-0.1, -0.05) is 63.5 Å². The van der Waals surface area contributed by atoms with Crippen molar-refractivity contribution in [1.82, 2.24) is 0 Å². The molecule has 0 aromatic rings. The molecule has 0 amide bonds. The van der Waals surface area contributed by atoms with Crippen LogP contribution >= 0.6 is 0 Å². The molecule has 0 aromatic heterocycles. The average molecular weight is 470 g/mol. The van der Waals surface area contributed by atoms with Crippen molar-refractivity contribution in [2.45, 2.75) is 108 Å². The zero-order valence-electron chi connectivity index (χ0n) is 22.5. The molecular formula is C34H50B. The van der Waals surface area contributed by atoms with E-state index in [0.29, 0.717) is 5.31 Å². The summed E-state index contributed by atoms with van der Waals surface area (Å²) < 4.78 is 0. The largest absolute Gasteiger partial charge is 0.117 e. The molecule has 15 bridgehead atoms. The maximum Gasteiger partial charge on any atom is 0.117 e. The van der Waals surface area contributed by atoms with Crippen molar-refractivity contribution >= 4 is 7.28 Å². The Balaban J connectivity index is 1.06. The predicted molar refractivity (Wildman–Crippen MR) is 143 cm³/mol. The van der Waals surface area contributed by atoms with Crippen LogP contribution in [0.1, 0.15) is 96.8 Å². The summed E-state index contributed by atoms with van der Waals surface area (Å²) in [5.74, 6) is 20.1. The van der Waals surface area contributed by atoms with E-state index in [1.165, 1.54) is 89.7 Å². The van der Waals surface area contributed by atoms with Gasteiger partial charge >= 0.3 is 0 Å². The Kier molecular flexibility index (Phi) is 4.18. The molecule has 1 radical (unpaired) electrons. The summed E-state index contributed by atoms with van der Waals surface area (Å²) in [4.78, 5) is 0. The monoisotopic (exact) mass is 469 g/mol. The minimum absolute atomic E-state index is 0.679. The Hall–Kier alpha value is 0.0649. The molecule has 0 aliphatic heterocycles. The lowest BCUT2D eigenvalue weighted by molar-refractivity contribution is -0.214. The lowest BCUT2D eigenvalue weighted by Crippen LogP contribution is -2.64. The van der Waals surface area contributed by atoms with E-state index in [-0.39, 0.29) is 0 Å². The van der Waals surface area contributed by atoms with E-state index in [1.54, 1.807) is 83.5 Å². The molecule has 0 heterocycles. The first-order valence-corrected chi connectivity index (χ1v) is 17.1. The standard InChI is InChI=1S/C34H50B/c1-2-6-35-34-14-17(15-34)4-3-5-18-8-25-24-10-20(30(18)24)7-19-9-26-28-13-29(33(28)32(25)26)27-12-22(19)23-11-21(16-34)31(23)27/h17-33H,2-16H2,1H3. The Labute approximate surface area is 216 Å². The molecule has 0 spiro atoms. The van der Waals surface area contributed by atoms with Gasteiger partial charge in [-0.25, -0.2) is 0 Å². The third-order valence-corrected chi connectivity index (χ3v) is 16.4. The van der Waals surface area contributed by atoms with Crippen LogP contribution in [0.4, 0.5) is 0 Å². The van der Waals surface area contributed by atoms with Crippen LogP contribution in [0.5, 0.6) is 0 Å². The molecule has 14 aliphatic rings. The van der Waals surface area contributed by atoms with Crippen molar-refractivity contribution < 1.29 is 0 Å². The molecule has 14 saturated carbocycles. The molecule has 35 heavy (non-hydrogen) atoms. The van der Waals surface area contributed by atoms with Gasteiger partial charge in [-0.15, -0.1) is 0 Å². The van der Waals surface area contributed by atoms with E-state index >= 15 is 0 Å². The summed E-state index contributed by atoms with van der Waals surface area (Å²) in [5.41, 5.74) is 0. The van der Waals surface area contributed by atoms with Crippen LogP contribution in [-0.4, -0.2) is 7.28 Å². The number of rotatable bonds is 3. The maximum absolute atomic E-state index is 2.90. The zero-order valence-corrected chi connectivity index (χ0v) is 22.5. The molecule has 14 rings (SSSR count). The van der Waals surface area contributed by atoms with Gasteiger partial charge in [0, 0.05) is 0 Å². The fourth-order valence-corrected chi connectivity index (χ4v) is 15.7. The Morgan fingerprint density at radius 2 is 1.17 bits per heavy atom. The maximum atomic E-state index is 2.90. The van der Waals surface area contributed by atoms with Crippen molar-refractivity contribution in [3.05, 3.63) is 0 Å². The summed E-state index contributed by atoms with van der Waals surface area (Å²) in [5, 5.41) is 0.679. The van der Waals surface area contributed by atoms with Gasteiger partial charge in [-0.2, -0.15) is 0 Å². The third kappa shape index (κ3) is 2.51. The first kappa shape index (κ1) is 21.0. The number of hydrogen-bond acceptors (Lipinski definition) is 0. The molecule has 0 nitrogen and oxygen atoms in total. The molecule has 0 N–H and O–H groups in total. The van der Waals surface area contributed by atoms with Crippen LogP contribution in [-0.2, 0) is 0 Å². The molecule has 16 unspecified atom stereocenters. The van der Waals surface area contributed by atoms with Gasteiger partial charge in [-0.3, -0.25) is 0 Å². The van der Waals surface area contributed by atoms with Crippen LogP contribution in [0.25, 0.3) is 0 Å². The summed E-state index contributed by atoms with van der Waals surface area (Å²) in [7, 11) is 2.90. The van der Waals surface area contributed by atoms with Crippen LogP contribution in [0.2, 0.25) is 11.6 Å². The second-order valence-corrected chi connectivity index (χ2v) is 17.1. The Bertz CT molecular complexity index is 902. The SMILES string of the molecule is CCC[B]C12CC(CCCC3CC4C5CC(CC6CC7C8CC(C9CC6C6CC(C1)C69)C8C47)C35)C2. The highest BCUT2D eigenvalue weighted by molar-refractivity contribution is 6.40. The second kappa shape index (κ2) is 6.98. The lowest BCUT2D eigenvalue weighted by Gasteiger charge is -2.69. The van der Waals surface area contributed by atoms with Crippen molar-refractivity contribution in [2.24, 2.45) is 101 Å². The summed E-state index contributed by atoms with van der Waals surface area (Å²) in [6.07, 6.45) is 24.3. The van der Waals surface area contributed by atoms with Gasteiger partial charge in [0.05, 0.1) is 0 Å². The Morgan fingerprint density at radius 1 is 0.543 bits per heavy atom. The minimum atomic E-state index is 0.679. The molecule has 1 heteroatoms. The zero-order chi connectivity index (χ0) is 22.6.